The van der Waals surface area contributed by atoms with Crippen molar-refractivity contribution >= 4 is 38.2 Å². The number of rotatable bonds is 8. The molecule has 2 aromatic heterocycles. The van der Waals surface area contributed by atoms with Crippen LogP contribution in [-0.2, 0) is 16.5 Å². The van der Waals surface area contributed by atoms with E-state index >= 15 is 0 Å². The van der Waals surface area contributed by atoms with E-state index in [9.17, 15) is 9.59 Å². The molecule has 1 N–H and O–H groups in total. The van der Waals surface area contributed by atoms with E-state index in [1.807, 2.05) is 31.2 Å². The van der Waals surface area contributed by atoms with Crippen LogP contribution in [0, 0.1) is 0 Å². The van der Waals surface area contributed by atoms with Gasteiger partial charge in [-0.3, -0.25) is 9.59 Å². The molecule has 1 saturated heterocycles. The average Bonchev–Trinajstić information content (AvgIpc) is 3.41. The number of fused-ring (bicyclic) bond motifs is 3. The van der Waals surface area contributed by atoms with Crippen LogP contribution >= 0.6 is 11.3 Å². The molecular weight excluding hydrogens is 404 g/mol. The van der Waals surface area contributed by atoms with Crippen molar-refractivity contribution < 1.29 is 19.0 Å². The molecular formula is C22H26N2O5S. The Balaban J connectivity index is 1.76. The van der Waals surface area contributed by atoms with Gasteiger partial charge in [-0.25, -0.2) is 0 Å². The van der Waals surface area contributed by atoms with Gasteiger partial charge >= 0.3 is 0 Å². The summed E-state index contributed by atoms with van der Waals surface area (Å²) in [6.45, 7) is 4.32. The number of hydrogen-bond donors (Lipinski definition) is 1. The van der Waals surface area contributed by atoms with Crippen molar-refractivity contribution in [3.8, 4) is 5.75 Å². The molecule has 0 saturated carbocycles. The molecule has 8 heteroatoms. The topological polar surface area (TPSA) is 78.8 Å². The summed E-state index contributed by atoms with van der Waals surface area (Å²) in [6, 6.07) is 7.70. The largest absolute Gasteiger partial charge is 0.489 e. The first-order valence-corrected chi connectivity index (χ1v) is 11.1. The SMILES string of the molecule is CCOCCOc1c(C(=O)NCC2CCCO2)sc2c1c(=O)n(C)c1ccccc21. The van der Waals surface area contributed by atoms with Gasteiger partial charge in [-0.15, -0.1) is 11.3 Å². The second-order valence-electron chi connectivity index (χ2n) is 7.24. The Morgan fingerprint density at radius 3 is 2.93 bits per heavy atom. The number of carbonyl (C=O) groups is 1. The lowest BCUT2D eigenvalue weighted by Gasteiger charge is -2.12. The zero-order chi connectivity index (χ0) is 21.1. The summed E-state index contributed by atoms with van der Waals surface area (Å²) in [6.07, 6.45) is 1.99. The number of aromatic nitrogens is 1. The van der Waals surface area contributed by atoms with Crippen molar-refractivity contribution in [3.05, 3.63) is 39.5 Å². The maximum atomic E-state index is 13.2. The van der Waals surface area contributed by atoms with E-state index in [0.29, 0.717) is 35.8 Å². The fourth-order valence-electron chi connectivity index (χ4n) is 3.76. The van der Waals surface area contributed by atoms with Crippen LogP contribution in [0.5, 0.6) is 5.75 Å². The number of ether oxygens (including phenoxy) is 3. The first-order valence-electron chi connectivity index (χ1n) is 10.3. The van der Waals surface area contributed by atoms with Crippen molar-refractivity contribution in [1.29, 1.82) is 0 Å². The molecule has 0 aliphatic carbocycles. The minimum Gasteiger partial charge on any atom is -0.489 e. The van der Waals surface area contributed by atoms with Gasteiger partial charge in [-0.1, -0.05) is 18.2 Å². The molecule has 7 nitrogen and oxygen atoms in total. The third-order valence-corrected chi connectivity index (χ3v) is 6.49. The number of aryl methyl sites for hydroxylation is 1. The predicted octanol–water partition coefficient (Wildman–Crippen LogP) is 3.08. The van der Waals surface area contributed by atoms with Crippen LogP contribution in [0.2, 0.25) is 0 Å². The number of hydrogen-bond acceptors (Lipinski definition) is 6. The van der Waals surface area contributed by atoms with E-state index in [0.717, 1.165) is 35.1 Å². The Hall–Kier alpha value is -2.42. The molecule has 3 heterocycles. The van der Waals surface area contributed by atoms with Crippen LogP contribution in [0.1, 0.15) is 29.4 Å². The Morgan fingerprint density at radius 2 is 2.17 bits per heavy atom. The molecule has 1 atom stereocenters. The number of pyridine rings is 1. The van der Waals surface area contributed by atoms with Crippen molar-refractivity contribution in [2.24, 2.45) is 7.05 Å². The van der Waals surface area contributed by atoms with Crippen molar-refractivity contribution in [1.82, 2.24) is 9.88 Å². The lowest BCUT2D eigenvalue weighted by molar-refractivity contribution is 0.0853. The molecule has 1 unspecified atom stereocenters. The second kappa shape index (κ2) is 9.16. The van der Waals surface area contributed by atoms with E-state index in [2.05, 4.69) is 5.32 Å². The van der Waals surface area contributed by atoms with Gasteiger partial charge in [0.1, 0.15) is 16.9 Å². The van der Waals surface area contributed by atoms with E-state index in [1.165, 1.54) is 11.3 Å². The minimum absolute atomic E-state index is 0.0411. The highest BCUT2D eigenvalue weighted by atomic mass is 32.1. The number of nitrogens with one attached hydrogen (secondary N) is 1. The summed E-state index contributed by atoms with van der Waals surface area (Å²) >= 11 is 1.30. The third-order valence-electron chi connectivity index (χ3n) is 5.29. The first-order chi connectivity index (χ1) is 14.6. The van der Waals surface area contributed by atoms with Crippen LogP contribution in [0.15, 0.2) is 29.1 Å². The van der Waals surface area contributed by atoms with E-state index in [4.69, 9.17) is 14.2 Å². The standard InChI is InChI=1S/C22H26N2O5S/c1-3-27-11-12-29-18-17-19(15-8-4-5-9-16(15)24(2)22(17)26)30-20(18)21(25)23-13-14-7-6-10-28-14/h4-5,8-9,14H,3,6-7,10-13H2,1-2H3,(H,23,25). The van der Waals surface area contributed by atoms with E-state index < -0.39 is 0 Å². The van der Waals surface area contributed by atoms with Crippen LogP contribution in [0.3, 0.4) is 0 Å². The number of benzene rings is 1. The van der Waals surface area contributed by atoms with Gasteiger partial charge in [0.2, 0.25) is 0 Å². The van der Waals surface area contributed by atoms with Gasteiger partial charge in [0, 0.05) is 32.2 Å². The van der Waals surface area contributed by atoms with Gasteiger partial charge in [0.05, 0.1) is 22.9 Å². The lowest BCUT2D eigenvalue weighted by atomic mass is 10.1. The van der Waals surface area contributed by atoms with Gasteiger partial charge in [-0.2, -0.15) is 0 Å². The van der Waals surface area contributed by atoms with Crippen LogP contribution in [0.4, 0.5) is 0 Å². The molecule has 1 aliphatic rings. The highest BCUT2D eigenvalue weighted by Gasteiger charge is 2.26. The maximum Gasteiger partial charge on any atom is 0.265 e. The molecule has 1 fully saturated rings. The zero-order valence-electron chi connectivity index (χ0n) is 17.2. The Kier molecular flexibility index (Phi) is 6.36. The molecule has 30 heavy (non-hydrogen) atoms. The number of para-hydroxylation sites is 1. The smallest absolute Gasteiger partial charge is 0.265 e. The average molecular weight is 431 g/mol. The Morgan fingerprint density at radius 1 is 1.33 bits per heavy atom. The predicted molar refractivity (Wildman–Crippen MR) is 118 cm³/mol. The molecule has 0 radical (unpaired) electrons. The monoisotopic (exact) mass is 430 g/mol. The normalized spacial score (nSPS) is 16.4. The van der Waals surface area contributed by atoms with Crippen molar-refractivity contribution in [2.45, 2.75) is 25.9 Å². The fraction of sp³-hybridized carbons (Fsp3) is 0.455. The Bertz CT molecular complexity index is 1110. The minimum atomic E-state index is -0.246. The summed E-state index contributed by atoms with van der Waals surface area (Å²) in [5, 5.41) is 4.32. The summed E-state index contributed by atoms with van der Waals surface area (Å²) in [5.74, 6) is 0.0927. The third kappa shape index (κ3) is 3.95. The molecule has 3 aromatic rings. The number of nitrogens with zero attached hydrogens (tertiary/aromatic N) is 1. The summed E-state index contributed by atoms with van der Waals surface area (Å²) in [5.41, 5.74) is 0.646. The lowest BCUT2D eigenvalue weighted by Crippen LogP contribution is -2.31. The van der Waals surface area contributed by atoms with Gasteiger partial charge in [-0.05, 0) is 25.8 Å². The second-order valence-corrected chi connectivity index (χ2v) is 8.26. The molecule has 1 aromatic carbocycles. The molecule has 1 amide bonds. The van der Waals surface area contributed by atoms with Gasteiger partial charge in [0.25, 0.3) is 11.5 Å². The summed E-state index contributed by atoms with van der Waals surface area (Å²) in [7, 11) is 1.74. The molecule has 0 spiro atoms. The summed E-state index contributed by atoms with van der Waals surface area (Å²) in [4.78, 5) is 26.6. The first kappa shape index (κ1) is 20.8. The highest BCUT2D eigenvalue weighted by Crippen LogP contribution is 2.39. The highest BCUT2D eigenvalue weighted by molar-refractivity contribution is 7.22. The van der Waals surface area contributed by atoms with Crippen molar-refractivity contribution in [3.63, 3.8) is 0 Å². The quantitative estimate of drug-likeness (QED) is 0.556. The maximum absolute atomic E-state index is 13.2. The van der Waals surface area contributed by atoms with Gasteiger partial charge < -0.3 is 24.1 Å². The molecule has 4 rings (SSSR count). The number of carbonyl (C=O) groups excluding carboxylic acids is 1. The van der Waals surface area contributed by atoms with Crippen LogP contribution < -0.4 is 15.6 Å². The van der Waals surface area contributed by atoms with Gasteiger partial charge in [0.15, 0.2) is 5.75 Å². The van der Waals surface area contributed by atoms with E-state index in [-0.39, 0.29) is 24.2 Å². The number of amides is 1. The molecule has 0 bridgehead atoms. The fourth-order valence-corrected chi connectivity index (χ4v) is 4.95. The van der Waals surface area contributed by atoms with E-state index in [1.54, 1.807) is 11.6 Å². The van der Waals surface area contributed by atoms with Crippen molar-refractivity contribution in [2.75, 3.05) is 33.0 Å². The Labute approximate surface area is 178 Å². The molecule has 1 aliphatic heterocycles. The number of thiophene rings is 1. The van der Waals surface area contributed by atoms with Crippen LogP contribution in [0.25, 0.3) is 21.0 Å². The molecule has 160 valence electrons. The summed E-state index contributed by atoms with van der Waals surface area (Å²) < 4.78 is 19.3. The van der Waals surface area contributed by atoms with Crippen LogP contribution in [-0.4, -0.2) is 49.6 Å². The zero-order valence-corrected chi connectivity index (χ0v) is 18.0.